The second-order valence-electron chi connectivity index (χ2n) is 5.35. The van der Waals surface area contributed by atoms with Gasteiger partial charge in [0.15, 0.2) is 5.75 Å². The molecule has 1 saturated heterocycles. The Hall–Kier alpha value is -1.82. The van der Waals surface area contributed by atoms with E-state index in [-0.39, 0.29) is 10.6 Å². The summed E-state index contributed by atoms with van der Waals surface area (Å²) in [5, 5.41) is 11.4. The molecule has 116 valence electrons. The van der Waals surface area contributed by atoms with Crippen LogP contribution in [0.25, 0.3) is 0 Å². The zero-order valence-corrected chi connectivity index (χ0v) is 12.5. The number of piperidine rings is 1. The van der Waals surface area contributed by atoms with Crippen LogP contribution in [0.1, 0.15) is 26.2 Å². The second kappa shape index (κ2) is 7.26. The van der Waals surface area contributed by atoms with Crippen LogP contribution in [0.2, 0.25) is 0 Å². The normalized spacial score (nSPS) is 18.6. The van der Waals surface area contributed by atoms with E-state index in [1.807, 2.05) is 19.1 Å². The van der Waals surface area contributed by atoms with E-state index in [4.69, 9.17) is 10.5 Å². The minimum atomic E-state index is -0.340. The molecule has 6 heteroatoms. The molecule has 1 atom stereocenters. The molecule has 1 unspecified atom stereocenters. The van der Waals surface area contributed by atoms with Crippen LogP contribution in [-0.2, 0) is 0 Å². The Labute approximate surface area is 125 Å². The smallest absolute Gasteiger partial charge is 0.333 e. The highest BCUT2D eigenvalue weighted by Gasteiger charge is 2.28. The maximum Gasteiger partial charge on any atom is 0.333 e. The standard InChI is InChI=1S/C15H23N3O3/c1-2-21-14-7-3-6-13(15(14)18(19)20)17-10-4-5-12(11-17)8-9-16/h3,6-7,12H,2,4-5,8-11,16H2,1H3. The van der Waals surface area contributed by atoms with E-state index in [2.05, 4.69) is 4.90 Å². The lowest BCUT2D eigenvalue weighted by Gasteiger charge is -2.34. The molecule has 0 saturated carbocycles. The van der Waals surface area contributed by atoms with Gasteiger partial charge in [0.05, 0.1) is 11.5 Å². The number of nitrogens with zero attached hydrogens (tertiary/aromatic N) is 2. The number of nitro benzene ring substituents is 1. The highest BCUT2D eigenvalue weighted by atomic mass is 16.6. The molecular weight excluding hydrogens is 270 g/mol. The molecule has 2 rings (SSSR count). The molecule has 1 fully saturated rings. The van der Waals surface area contributed by atoms with Gasteiger partial charge < -0.3 is 15.4 Å². The largest absolute Gasteiger partial charge is 0.487 e. The monoisotopic (exact) mass is 293 g/mol. The molecule has 0 aliphatic carbocycles. The Kier molecular flexibility index (Phi) is 5.38. The van der Waals surface area contributed by atoms with Crippen molar-refractivity contribution in [3.05, 3.63) is 28.3 Å². The predicted octanol–water partition coefficient (Wildman–Crippen LogP) is 2.56. The zero-order chi connectivity index (χ0) is 15.2. The van der Waals surface area contributed by atoms with E-state index in [9.17, 15) is 10.1 Å². The molecule has 1 heterocycles. The van der Waals surface area contributed by atoms with Crippen LogP contribution in [0.4, 0.5) is 11.4 Å². The topological polar surface area (TPSA) is 81.6 Å². The number of para-hydroxylation sites is 1. The number of ether oxygens (including phenoxy) is 1. The van der Waals surface area contributed by atoms with Gasteiger partial charge in [-0.15, -0.1) is 0 Å². The van der Waals surface area contributed by atoms with E-state index in [1.165, 1.54) is 0 Å². The summed E-state index contributed by atoms with van der Waals surface area (Å²) >= 11 is 0. The predicted molar refractivity (Wildman–Crippen MR) is 82.9 cm³/mol. The highest BCUT2D eigenvalue weighted by Crippen LogP contribution is 2.39. The Morgan fingerprint density at radius 2 is 2.33 bits per heavy atom. The molecule has 21 heavy (non-hydrogen) atoms. The minimum absolute atomic E-state index is 0.0766. The summed E-state index contributed by atoms with van der Waals surface area (Å²) in [6, 6.07) is 5.29. The summed E-state index contributed by atoms with van der Waals surface area (Å²) in [5.41, 5.74) is 6.38. The molecule has 1 aliphatic rings. The first-order valence-corrected chi connectivity index (χ1v) is 7.52. The van der Waals surface area contributed by atoms with Gasteiger partial charge in [-0.3, -0.25) is 10.1 Å². The number of nitro groups is 1. The van der Waals surface area contributed by atoms with Crippen molar-refractivity contribution in [1.29, 1.82) is 0 Å². The van der Waals surface area contributed by atoms with Crippen molar-refractivity contribution in [2.24, 2.45) is 11.7 Å². The Balaban J connectivity index is 2.29. The van der Waals surface area contributed by atoms with Crippen molar-refractivity contribution in [3.63, 3.8) is 0 Å². The molecule has 0 spiro atoms. The number of nitrogens with two attached hydrogens (primary N) is 1. The van der Waals surface area contributed by atoms with Gasteiger partial charge >= 0.3 is 5.69 Å². The van der Waals surface area contributed by atoms with Crippen LogP contribution in [0.5, 0.6) is 5.75 Å². The lowest BCUT2D eigenvalue weighted by atomic mass is 9.94. The quantitative estimate of drug-likeness (QED) is 0.644. The van der Waals surface area contributed by atoms with Crippen molar-refractivity contribution in [1.82, 2.24) is 0 Å². The summed E-state index contributed by atoms with van der Waals surface area (Å²) < 4.78 is 5.42. The van der Waals surface area contributed by atoms with Crippen LogP contribution < -0.4 is 15.4 Å². The van der Waals surface area contributed by atoms with Crippen molar-refractivity contribution in [3.8, 4) is 5.75 Å². The summed E-state index contributed by atoms with van der Waals surface area (Å²) in [7, 11) is 0. The molecule has 0 amide bonds. The van der Waals surface area contributed by atoms with Gasteiger partial charge in [-0.2, -0.15) is 0 Å². The third-order valence-electron chi connectivity index (χ3n) is 3.89. The van der Waals surface area contributed by atoms with Crippen molar-refractivity contribution in [2.45, 2.75) is 26.2 Å². The van der Waals surface area contributed by atoms with Crippen LogP contribution in [0.15, 0.2) is 18.2 Å². The lowest BCUT2D eigenvalue weighted by Crippen LogP contribution is -2.36. The highest BCUT2D eigenvalue weighted by molar-refractivity contribution is 5.70. The van der Waals surface area contributed by atoms with Crippen LogP contribution in [0.3, 0.4) is 0 Å². The number of benzene rings is 1. The third-order valence-corrected chi connectivity index (χ3v) is 3.89. The first-order chi connectivity index (χ1) is 10.2. The second-order valence-corrected chi connectivity index (χ2v) is 5.35. The number of hydrogen-bond donors (Lipinski definition) is 1. The van der Waals surface area contributed by atoms with Gasteiger partial charge in [-0.05, 0) is 50.8 Å². The van der Waals surface area contributed by atoms with Crippen molar-refractivity contribution >= 4 is 11.4 Å². The van der Waals surface area contributed by atoms with E-state index >= 15 is 0 Å². The maximum absolute atomic E-state index is 11.4. The van der Waals surface area contributed by atoms with Crippen molar-refractivity contribution in [2.75, 3.05) is 31.1 Å². The molecule has 1 aliphatic heterocycles. The molecule has 1 aromatic carbocycles. The number of hydrogen-bond acceptors (Lipinski definition) is 5. The average molecular weight is 293 g/mol. The summed E-state index contributed by atoms with van der Waals surface area (Å²) in [5.74, 6) is 0.861. The van der Waals surface area contributed by atoms with Gasteiger partial charge in [0.1, 0.15) is 5.69 Å². The molecule has 0 radical (unpaired) electrons. The van der Waals surface area contributed by atoms with E-state index < -0.39 is 0 Å². The Morgan fingerprint density at radius 3 is 3.00 bits per heavy atom. The molecule has 0 aromatic heterocycles. The van der Waals surface area contributed by atoms with Crippen LogP contribution in [0, 0.1) is 16.0 Å². The first-order valence-electron chi connectivity index (χ1n) is 7.52. The minimum Gasteiger partial charge on any atom is -0.487 e. The van der Waals surface area contributed by atoms with Crippen LogP contribution >= 0.6 is 0 Å². The molecular formula is C15H23N3O3. The Morgan fingerprint density at radius 1 is 1.52 bits per heavy atom. The lowest BCUT2D eigenvalue weighted by molar-refractivity contribution is -0.385. The van der Waals surface area contributed by atoms with Crippen molar-refractivity contribution < 1.29 is 9.66 Å². The number of rotatable bonds is 6. The summed E-state index contributed by atoms with van der Waals surface area (Å²) in [6.45, 7) is 4.58. The third kappa shape index (κ3) is 3.64. The average Bonchev–Trinajstić information content (AvgIpc) is 2.48. The van der Waals surface area contributed by atoms with E-state index in [0.29, 0.717) is 30.5 Å². The maximum atomic E-state index is 11.4. The van der Waals surface area contributed by atoms with E-state index in [1.54, 1.807) is 6.07 Å². The number of anilines is 1. The fourth-order valence-corrected chi connectivity index (χ4v) is 2.98. The summed E-state index contributed by atoms with van der Waals surface area (Å²) in [4.78, 5) is 13.2. The van der Waals surface area contributed by atoms with E-state index in [0.717, 1.165) is 32.4 Å². The zero-order valence-electron chi connectivity index (χ0n) is 12.5. The fraction of sp³-hybridized carbons (Fsp3) is 0.600. The molecule has 6 nitrogen and oxygen atoms in total. The fourth-order valence-electron chi connectivity index (χ4n) is 2.98. The van der Waals surface area contributed by atoms with Gasteiger partial charge in [-0.1, -0.05) is 6.07 Å². The SMILES string of the molecule is CCOc1cccc(N2CCCC(CCN)C2)c1[N+](=O)[O-]. The van der Waals surface area contributed by atoms with Gasteiger partial charge in [-0.25, -0.2) is 0 Å². The van der Waals surface area contributed by atoms with Gasteiger partial charge in [0.25, 0.3) is 0 Å². The molecule has 0 bridgehead atoms. The first kappa shape index (κ1) is 15.6. The van der Waals surface area contributed by atoms with Gasteiger partial charge in [0.2, 0.25) is 0 Å². The summed E-state index contributed by atoms with van der Waals surface area (Å²) in [6.07, 6.45) is 3.16. The molecule has 2 N–H and O–H groups in total. The van der Waals surface area contributed by atoms with Crippen LogP contribution in [-0.4, -0.2) is 31.2 Å². The van der Waals surface area contributed by atoms with Gasteiger partial charge in [0, 0.05) is 13.1 Å². The molecule has 1 aromatic rings. The Bertz CT molecular complexity index is 491.